The van der Waals surface area contributed by atoms with E-state index in [-0.39, 0.29) is 0 Å². The SMILES string of the molecule is COc1ccc2nc(SCc3csc(-c4ccccc4OC)n3)[nH]c2c1. The van der Waals surface area contributed by atoms with E-state index in [0.29, 0.717) is 0 Å². The molecule has 0 saturated carbocycles. The molecule has 0 saturated heterocycles. The van der Waals surface area contributed by atoms with Crippen LogP contribution in [0.15, 0.2) is 53.0 Å². The number of thiazole rings is 1. The van der Waals surface area contributed by atoms with Crippen LogP contribution in [-0.2, 0) is 5.75 Å². The Kier molecular flexibility index (Phi) is 4.81. The number of aromatic amines is 1. The molecule has 0 spiro atoms. The van der Waals surface area contributed by atoms with Gasteiger partial charge in [-0.05, 0) is 24.3 Å². The highest BCUT2D eigenvalue weighted by molar-refractivity contribution is 7.98. The molecule has 2 aromatic carbocycles. The maximum atomic E-state index is 5.43. The number of rotatable bonds is 6. The number of imidazole rings is 1. The Balaban J connectivity index is 1.49. The van der Waals surface area contributed by atoms with Gasteiger partial charge in [-0.2, -0.15) is 0 Å². The fraction of sp³-hybridized carbons (Fsp3) is 0.158. The lowest BCUT2D eigenvalue weighted by Crippen LogP contribution is -1.87. The molecule has 132 valence electrons. The summed E-state index contributed by atoms with van der Waals surface area (Å²) >= 11 is 3.26. The number of hydrogen-bond donors (Lipinski definition) is 1. The average molecular weight is 383 g/mol. The molecule has 0 aliphatic rings. The summed E-state index contributed by atoms with van der Waals surface area (Å²) in [4.78, 5) is 12.7. The van der Waals surface area contributed by atoms with E-state index >= 15 is 0 Å². The van der Waals surface area contributed by atoms with Gasteiger partial charge in [-0.1, -0.05) is 23.9 Å². The predicted molar refractivity (Wildman–Crippen MR) is 106 cm³/mol. The van der Waals surface area contributed by atoms with E-state index in [1.54, 1.807) is 37.3 Å². The normalized spacial score (nSPS) is 11.0. The fourth-order valence-corrected chi connectivity index (χ4v) is 4.35. The quantitative estimate of drug-likeness (QED) is 0.475. The number of para-hydroxylation sites is 1. The van der Waals surface area contributed by atoms with E-state index in [0.717, 1.165) is 49.7 Å². The van der Waals surface area contributed by atoms with Crippen LogP contribution in [0.1, 0.15) is 5.69 Å². The van der Waals surface area contributed by atoms with Crippen LogP contribution in [-0.4, -0.2) is 29.2 Å². The summed E-state index contributed by atoms with van der Waals surface area (Å²) in [6.45, 7) is 0. The molecule has 0 bridgehead atoms. The van der Waals surface area contributed by atoms with E-state index in [2.05, 4.69) is 15.3 Å². The Morgan fingerprint density at radius 1 is 1.08 bits per heavy atom. The largest absolute Gasteiger partial charge is 0.497 e. The highest BCUT2D eigenvalue weighted by Crippen LogP contribution is 2.33. The van der Waals surface area contributed by atoms with Gasteiger partial charge in [-0.25, -0.2) is 9.97 Å². The Hall–Kier alpha value is -2.51. The Morgan fingerprint density at radius 3 is 2.81 bits per heavy atom. The van der Waals surface area contributed by atoms with Gasteiger partial charge in [0.2, 0.25) is 0 Å². The maximum absolute atomic E-state index is 5.43. The van der Waals surface area contributed by atoms with Gasteiger partial charge in [-0.3, -0.25) is 0 Å². The number of hydrogen-bond acceptors (Lipinski definition) is 6. The number of ether oxygens (including phenoxy) is 2. The van der Waals surface area contributed by atoms with Crippen LogP contribution in [0, 0.1) is 0 Å². The van der Waals surface area contributed by atoms with Gasteiger partial charge in [0.05, 0.1) is 36.5 Å². The van der Waals surface area contributed by atoms with Crippen LogP contribution in [0.5, 0.6) is 11.5 Å². The summed E-state index contributed by atoms with van der Waals surface area (Å²) in [6, 6.07) is 13.8. The number of methoxy groups -OCH3 is 2. The molecule has 0 aliphatic carbocycles. The number of fused-ring (bicyclic) bond motifs is 1. The summed E-state index contributed by atoms with van der Waals surface area (Å²) in [6.07, 6.45) is 0. The topological polar surface area (TPSA) is 60.0 Å². The van der Waals surface area contributed by atoms with Crippen molar-refractivity contribution in [1.82, 2.24) is 15.0 Å². The van der Waals surface area contributed by atoms with Gasteiger partial charge in [0, 0.05) is 17.2 Å². The molecule has 26 heavy (non-hydrogen) atoms. The first-order valence-corrected chi connectivity index (χ1v) is 9.87. The third-order valence-electron chi connectivity index (χ3n) is 3.91. The smallest absolute Gasteiger partial charge is 0.166 e. The van der Waals surface area contributed by atoms with Crippen molar-refractivity contribution in [3.8, 4) is 22.1 Å². The first kappa shape index (κ1) is 16.9. The van der Waals surface area contributed by atoms with Crippen molar-refractivity contribution < 1.29 is 9.47 Å². The van der Waals surface area contributed by atoms with E-state index in [4.69, 9.17) is 14.5 Å². The molecule has 2 heterocycles. The van der Waals surface area contributed by atoms with Crippen LogP contribution in [0.2, 0.25) is 0 Å². The van der Waals surface area contributed by atoms with Crippen molar-refractivity contribution in [2.45, 2.75) is 10.9 Å². The van der Waals surface area contributed by atoms with Crippen LogP contribution in [0.4, 0.5) is 0 Å². The molecule has 1 N–H and O–H groups in total. The molecule has 0 aliphatic heterocycles. The fourth-order valence-electron chi connectivity index (χ4n) is 2.62. The van der Waals surface area contributed by atoms with Gasteiger partial charge in [0.1, 0.15) is 16.5 Å². The number of benzene rings is 2. The van der Waals surface area contributed by atoms with E-state index < -0.39 is 0 Å². The molecule has 4 aromatic rings. The molecule has 2 aromatic heterocycles. The molecule has 7 heteroatoms. The number of nitrogens with zero attached hydrogens (tertiary/aromatic N) is 2. The molecular weight excluding hydrogens is 366 g/mol. The minimum atomic E-state index is 0.753. The lowest BCUT2D eigenvalue weighted by Gasteiger charge is -2.04. The van der Waals surface area contributed by atoms with E-state index in [9.17, 15) is 0 Å². The van der Waals surface area contributed by atoms with Crippen molar-refractivity contribution in [2.24, 2.45) is 0 Å². The van der Waals surface area contributed by atoms with Crippen LogP contribution in [0.3, 0.4) is 0 Å². The monoisotopic (exact) mass is 383 g/mol. The van der Waals surface area contributed by atoms with Crippen molar-refractivity contribution in [2.75, 3.05) is 14.2 Å². The van der Waals surface area contributed by atoms with Gasteiger partial charge in [0.25, 0.3) is 0 Å². The Morgan fingerprint density at radius 2 is 1.96 bits per heavy atom. The van der Waals surface area contributed by atoms with Crippen molar-refractivity contribution in [3.05, 3.63) is 53.5 Å². The second-order valence-corrected chi connectivity index (χ2v) is 7.38. The number of thioether (sulfide) groups is 1. The third kappa shape index (κ3) is 3.40. The van der Waals surface area contributed by atoms with Gasteiger partial charge < -0.3 is 14.5 Å². The zero-order valence-corrected chi connectivity index (χ0v) is 16.0. The third-order valence-corrected chi connectivity index (χ3v) is 5.74. The van der Waals surface area contributed by atoms with Gasteiger partial charge in [0.15, 0.2) is 5.16 Å². The standard InChI is InChI=1S/C19H17N3O2S2/c1-23-13-7-8-15-16(9-13)22-19(21-15)26-11-12-10-25-18(20-12)14-5-3-4-6-17(14)24-2/h3-10H,11H2,1-2H3,(H,21,22). The minimum Gasteiger partial charge on any atom is -0.497 e. The summed E-state index contributed by atoms with van der Waals surface area (Å²) in [5, 5.41) is 3.92. The predicted octanol–water partition coefficient (Wildman–Crippen LogP) is 5.00. The summed E-state index contributed by atoms with van der Waals surface area (Å²) < 4.78 is 10.7. The summed E-state index contributed by atoms with van der Waals surface area (Å²) in [5.74, 6) is 2.41. The molecule has 0 unspecified atom stereocenters. The second kappa shape index (κ2) is 7.39. The lowest BCUT2D eigenvalue weighted by molar-refractivity contribution is 0.415. The summed E-state index contributed by atoms with van der Waals surface area (Å²) in [5.41, 5.74) is 3.95. The molecule has 4 rings (SSSR count). The van der Waals surface area contributed by atoms with Crippen LogP contribution < -0.4 is 9.47 Å². The van der Waals surface area contributed by atoms with Crippen LogP contribution in [0.25, 0.3) is 21.6 Å². The maximum Gasteiger partial charge on any atom is 0.166 e. The van der Waals surface area contributed by atoms with Gasteiger partial charge in [-0.15, -0.1) is 11.3 Å². The Bertz CT molecular complexity index is 1040. The van der Waals surface area contributed by atoms with Crippen LogP contribution >= 0.6 is 23.1 Å². The zero-order chi connectivity index (χ0) is 17.9. The van der Waals surface area contributed by atoms with Crippen molar-refractivity contribution in [3.63, 3.8) is 0 Å². The van der Waals surface area contributed by atoms with Crippen molar-refractivity contribution in [1.29, 1.82) is 0 Å². The molecule has 0 atom stereocenters. The highest BCUT2D eigenvalue weighted by atomic mass is 32.2. The first-order valence-electron chi connectivity index (χ1n) is 8.01. The molecular formula is C19H17N3O2S2. The van der Waals surface area contributed by atoms with E-state index in [1.807, 2.05) is 42.5 Å². The number of H-pyrrole nitrogens is 1. The molecule has 0 amide bonds. The first-order chi connectivity index (χ1) is 12.8. The number of nitrogens with one attached hydrogen (secondary N) is 1. The Labute approximate surface area is 159 Å². The zero-order valence-electron chi connectivity index (χ0n) is 14.4. The highest BCUT2D eigenvalue weighted by Gasteiger charge is 2.11. The molecule has 5 nitrogen and oxygen atoms in total. The van der Waals surface area contributed by atoms with Crippen molar-refractivity contribution >= 4 is 34.1 Å². The van der Waals surface area contributed by atoms with Gasteiger partial charge >= 0.3 is 0 Å². The minimum absolute atomic E-state index is 0.753. The second-order valence-electron chi connectivity index (χ2n) is 5.56. The van der Waals surface area contributed by atoms with E-state index in [1.165, 1.54) is 0 Å². The summed E-state index contributed by atoms with van der Waals surface area (Å²) in [7, 11) is 3.34. The molecule has 0 fully saturated rings. The molecule has 0 radical (unpaired) electrons. The lowest BCUT2D eigenvalue weighted by atomic mass is 10.2. The number of aromatic nitrogens is 3. The average Bonchev–Trinajstić information content (AvgIpc) is 3.32.